The van der Waals surface area contributed by atoms with Gasteiger partial charge in [0.1, 0.15) is 12.6 Å². The molecule has 1 aliphatic heterocycles. The lowest BCUT2D eigenvalue weighted by Crippen LogP contribution is -2.51. The normalized spacial score (nSPS) is 19.8. The highest BCUT2D eigenvalue weighted by Gasteiger charge is 2.35. The predicted octanol–water partition coefficient (Wildman–Crippen LogP) is 2.10. The van der Waals surface area contributed by atoms with Crippen molar-refractivity contribution in [2.75, 3.05) is 6.61 Å². The first kappa shape index (κ1) is 14.4. The molecule has 106 valence electrons. The summed E-state index contributed by atoms with van der Waals surface area (Å²) in [5.41, 5.74) is 4.12. The van der Waals surface area contributed by atoms with E-state index < -0.39 is 12.1 Å². The van der Waals surface area contributed by atoms with Crippen LogP contribution in [0.1, 0.15) is 19.4 Å². The summed E-state index contributed by atoms with van der Waals surface area (Å²) in [6, 6.07) is 11.6. The highest BCUT2D eigenvalue weighted by Crippen LogP contribution is 2.16. The van der Waals surface area contributed by atoms with E-state index in [9.17, 15) is 4.79 Å². The highest BCUT2D eigenvalue weighted by molar-refractivity contribution is 5.69. The molecule has 0 aromatic heterocycles. The summed E-state index contributed by atoms with van der Waals surface area (Å²) in [6.07, 6.45) is 0.294. The van der Waals surface area contributed by atoms with Gasteiger partial charge in [0.05, 0.1) is 12.1 Å². The van der Waals surface area contributed by atoms with Crippen LogP contribution in [0, 0.1) is 17.2 Å². The molecule has 1 aliphatic rings. The van der Waals surface area contributed by atoms with Crippen molar-refractivity contribution in [3.63, 3.8) is 0 Å². The van der Waals surface area contributed by atoms with Crippen molar-refractivity contribution in [1.82, 2.24) is 10.4 Å². The molecule has 1 aromatic rings. The monoisotopic (exact) mass is 273 g/mol. The van der Waals surface area contributed by atoms with Gasteiger partial charge in [-0.25, -0.2) is 15.2 Å². The average molecular weight is 273 g/mol. The van der Waals surface area contributed by atoms with Gasteiger partial charge < -0.3 is 4.74 Å². The number of nitriles is 1. The number of benzene rings is 1. The molecule has 2 atom stereocenters. The van der Waals surface area contributed by atoms with Crippen molar-refractivity contribution in [3.8, 4) is 6.07 Å². The minimum Gasteiger partial charge on any atom is -0.446 e. The molecule has 20 heavy (non-hydrogen) atoms. The molecule has 1 saturated heterocycles. The Balaban J connectivity index is 2.05. The van der Waals surface area contributed by atoms with Crippen LogP contribution in [0.15, 0.2) is 30.3 Å². The molecule has 5 nitrogen and oxygen atoms in total. The largest absolute Gasteiger partial charge is 0.446 e. The van der Waals surface area contributed by atoms with E-state index in [4.69, 9.17) is 10.00 Å². The van der Waals surface area contributed by atoms with E-state index in [1.54, 1.807) is 0 Å². The number of hydrogen-bond donors (Lipinski definition) is 1. The topological polar surface area (TPSA) is 65.4 Å². The van der Waals surface area contributed by atoms with E-state index >= 15 is 0 Å². The Morgan fingerprint density at radius 3 is 2.75 bits per heavy atom. The number of cyclic esters (lactones) is 1. The van der Waals surface area contributed by atoms with Gasteiger partial charge in [0.25, 0.3) is 0 Å². The molecular formula is C15H19N3O2. The first-order valence-electron chi connectivity index (χ1n) is 6.77. The van der Waals surface area contributed by atoms with Gasteiger partial charge in [-0.2, -0.15) is 5.26 Å². The lowest BCUT2D eigenvalue weighted by molar-refractivity contribution is 0.131. The molecule has 2 rings (SSSR count). The summed E-state index contributed by atoms with van der Waals surface area (Å²) in [6.45, 7) is 4.22. The van der Waals surface area contributed by atoms with Crippen LogP contribution in [0.5, 0.6) is 0 Å². The van der Waals surface area contributed by atoms with E-state index in [1.165, 1.54) is 5.01 Å². The molecule has 1 fully saturated rings. The number of nitrogens with zero attached hydrogens (tertiary/aromatic N) is 2. The summed E-state index contributed by atoms with van der Waals surface area (Å²) in [5, 5.41) is 10.6. The van der Waals surface area contributed by atoms with Crippen LogP contribution < -0.4 is 5.43 Å². The molecule has 1 amide bonds. The summed E-state index contributed by atoms with van der Waals surface area (Å²) in [7, 11) is 0. The minimum atomic E-state index is -0.410. The molecule has 1 heterocycles. The van der Waals surface area contributed by atoms with Gasteiger partial charge in [-0.1, -0.05) is 44.2 Å². The lowest BCUT2D eigenvalue weighted by atomic mass is 10.1. The first-order chi connectivity index (χ1) is 9.61. The van der Waals surface area contributed by atoms with Crippen molar-refractivity contribution >= 4 is 6.09 Å². The number of rotatable bonds is 5. The number of hydrazine groups is 1. The molecule has 0 aliphatic carbocycles. The molecule has 0 bridgehead atoms. The van der Waals surface area contributed by atoms with Crippen LogP contribution in [0.25, 0.3) is 0 Å². The number of carbonyl (C=O) groups is 1. The van der Waals surface area contributed by atoms with Crippen LogP contribution in [0.4, 0.5) is 4.79 Å². The van der Waals surface area contributed by atoms with Crippen LogP contribution in [0.2, 0.25) is 0 Å². The number of nitrogens with one attached hydrogen (secondary N) is 1. The zero-order valence-corrected chi connectivity index (χ0v) is 11.7. The summed E-state index contributed by atoms with van der Waals surface area (Å²) >= 11 is 0. The lowest BCUT2D eigenvalue weighted by Gasteiger charge is -2.26. The number of carbonyl (C=O) groups excluding carboxylic acids is 1. The third-order valence-electron chi connectivity index (χ3n) is 3.36. The second kappa shape index (κ2) is 6.40. The third-order valence-corrected chi connectivity index (χ3v) is 3.36. The van der Waals surface area contributed by atoms with Gasteiger partial charge in [-0.3, -0.25) is 0 Å². The number of hydrogen-bond acceptors (Lipinski definition) is 4. The second-order valence-electron chi connectivity index (χ2n) is 5.27. The SMILES string of the molecule is CC(C)[C@H](C#N)NN1C(=O)OC[C@@H]1Cc1ccccc1. The van der Waals surface area contributed by atoms with Gasteiger partial charge in [-0.15, -0.1) is 0 Å². The standard InChI is InChI=1S/C15H19N3O2/c1-11(2)14(9-16)17-18-13(10-20-15(18)19)8-12-6-4-3-5-7-12/h3-7,11,13-14,17H,8,10H2,1-2H3/t13-,14-/m0/s1. The van der Waals surface area contributed by atoms with E-state index in [-0.39, 0.29) is 12.0 Å². The van der Waals surface area contributed by atoms with Crippen LogP contribution in [0.3, 0.4) is 0 Å². The minimum absolute atomic E-state index is 0.0838. The quantitative estimate of drug-likeness (QED) is 0.892. The Hall–Kier alpha value is -2.06. The van der Waals surface area contributed by atoms with Gasteiger partial charge in [-0.05, 0) is 17.9 Å². The van der Waals surface area contributed by atoms with Crippen LogP contribution in [-0.2, 0) is 11.2 Å². The summed E-state index contributed by atoms with van der Waals surface area (Å²) in [4.78, 5) is 11.8. The van der Waals surface area contributed by atoms with E-state index in [1.807, 2.05) is 44.2 Å². The fourth-order valence-corrected chi connectivity index (χ4v) is 2.13. The van der Waals surface area contributed by atoms with Crippen molar-refractivity contribution in [2.45, 2.75) is 32.4 Å². The highest BCUT2D eigenvalue weighted by atomic mass is 16.6. The fraction of sp³-hybridized carbons (Fsp3) is 0.467. The summed E-state index contributed by atoms with van der Waals surface area (Å²) < 4.78 is 5.09. The molecule has 5 heteroatoms. The zero-order valence-electron chi connectivity index (χ0n) is 11.7. The Morgan fingerprint density at radius 2 is 2.15 bits per heavy atom. The first-order valence-corrected chi connectivity index (χ1v) is 6.77. The Kier molecular flexibility index (Phi) is 4.59. The summed E-state index contributed by atoms with van der Waals surface area (Å²) in [5.74, 6) is 0.116. The molecule has 0 saturated carbocycles. The molecule has 0 spiro atoms. The Morgan fingerprint density at radius 1 is 1.45 bits per heavy atom. The van der Waals surface area contributed by atoms with Crippen molar-refractivity contribution < 1.29 is 9.53 Å². The maximum atomic E-state index is 11.8. The molecule has 1 N–H and O–H groups in total. The van der Waals surface area contributed by atoms with Crippen LogP contribution in [-0.4, -0.2) is 29.8 Å². The van der Waals surface area contributed by atoms with Gasteiger partial charge >= 0.3 is 6.09 Å². The molecule has 1 aromatic carbocycles. The Labute approximate surface area is 119 Å². The maximum absolute atomic E-state index is 11.8. The molecule has 0 radical (unpaired) electrons. The zero-order chi connectivity index (χ0) is 14.5. The van der Waals surface area contributed by atoms with Gasteiger partial charge in [0.15, 0.2) is 0 Å². The predicted molar refractivity (Wildman–Crippen MR) is 74.5 cm³/mol. The fourth-order valence-electron chi connectivity index (χ4n) is 2.13. The van der Waals surface area contributed by atoms with Crippen LogP contribution >= 0.6 is 0 Å². The van der Waals surface area contributed by atoms with Crippen molar-refractivity contribution in [2.24, 2.45) is 5.92 Å². The Bertz CT molecular complexity index is 496. The van der Waals surface area contributed by atoms with E-state index in [0.717, 1.165) is 5.56 Å². The van der Waals surface area contributed by atoms with E-state index in [2.05, 4.69) is 11.5 Å². The third kappa shape index (κ3) is 3.28. The smallest absolute Gasteiger partial charge is 0.424 e. The van der Waals surface area contributed by atoms with E-state index in [0.29, 0.717) is 13.0 Å². The van der Waals surface area contributed by atoms with Crippen molar-refractivity contribution in [1.29, 1.82) is 5.26 Å². The van der Waals surface area contributed by atoms with Gasteiger partial charge in [0, 0.05) is 0 Å². The molecular weight excluding hydrogens is 254 g/mol. The maximum Gasteiger partial charge on any atom is 0.424 e. The molecule has 0 unspecified atom stereocenters. The number of amides is 1. The second-order valence-corrected chi connectivity index (χ2v) is 5.27. The average Bonchev–Trinajstić information content (AvgIpc) is 2.77. The number of ether oxygens (including phenoxy) is 1. The van der Waals surface area contributed by atoms with Gasteiger partial charge in [0.2, 0.25) is 0 Å². The van der Waals surface area contributed by atoms with Crippen molar-refractivity contribution in [3.05, 3.63) is 35.9 Å².